The molecule has 0 unspecified atom stereocenters. The Bertz CT molecular complexity index is 535. The fraction of sp³-hybridized carbons (Fsp3) is 0.400. The lowest BCUT2D eigenvalue weighted by Crippen LogP contribution is -2.25. The third-order valence-corrected chi connectivity index (χ3v) is 3.42. The topological polar surface area (TPSA) is 28.2 Å². The van der Waals surface area contributed by atoms with Crippen LogP contribution in [0.3, 0.4) is 0 Å². The molecule has 0 spiro atoms. The molecule has 0 atom stereocenters. The molecule has 4 heteroatoms. The molecule has 0 aliphatic heterocycles. The first-order valence-electron chi connectivity index (χ1n) is 6.37. The van der Waals surface area contributed by atoms with E-state index >= 15 is 0 Å². The van der Waals surface area contributed by atoms with Gasteiger partial charge in [-0.3, -0.25) is 0 Å². The third kappa shape index (κ3) is 3.70. The zero-order valence-corrected chi connectivity index (χ0v) is 13.0. The lowest BCUT2D eigenvalue weighted by Gasteiger charge is -2.19. The van der Waals surface area contributed by atoms with E-state index in [-0.39, 0.29) is 5.54 Å². The summed E-state index contributed by atoms with van der Waals surface area (Å²) < 4.78 is 0. The normalized spacial score (nSPS) is 11.4. The van der Waals surface area contributed by atoms with Gasteiger partial charge in [0.05, 0.1) is 5.69 Å². The first-order valence-corrected chi connectivity index (χ1v) is 7.24. The lowest BCUT2D eigenvalue weighted by molar-refractivity contribution is 0.633. The Balaban J connectivity index is 2.18. The van der Waals surface area contributed by atoms with Gasteiger partial charge in [-0.2, -0.15) is 0 Å². The van der Waals surface area contributed by atoms with E-state index in [9.17, 15) is 0 Å². The Labute approximate surface area is 119 Å². The summed E-state index contributed by atoms with van der Waals surface area (Å²) in [4.78, 5) is 6.73. The molecule has 2 rings (SSSR count). The highest BCUT2D eigenvalue weighted by atomic mass is 32.1. The number of thiazole rings is 1. The molecule has 0 bridgehead atoms. The molecular weight excluding hydrogens is 254 g/mol. The van der Waals surface area contributed by atoms with Crippen LogP contribution in [0.4, 0.5) is 10.8 Å². The molecule has 0 saturated carbocycles. The molecule has 1 aromatic heterocycles. The van der Waals surface area contributed by atoms with Gasteiger partial charge in [-0.25, -0.2) is 4.98 Å². The molecule has 0 aliphatic carbocycles. The lowest BCUT2D eigenvalue weighted by atomic mass is 10.1. The van der Waals surface area contributed by atoms with Crippen molar-refractivity contribution in [1.29, 1.82) is 0 Å². The van der Waals surface area contributed by atoms with Crippen molar-refractivity contribution in [2.24, 2.45) is 0 Å². The zero-order chi connectivity index (χ0) is 14.0. The maximum Gasteiger partial charge on any atom is 0.183 e. The number of aromatic nitrogens is 1. The number of anilines is 2. The van der Waals surface area contributed by atoms with Gasteiger partial charge in [-0.15, -0.1) is 11.3 Å². The van der Waals surface area contributed by atoms with Crippen molar-refractivity contribution in [3.63, 3.8) is 0 Å². The van der Waals surface area contributed by atoms with E-state index in [1.165, 1.54) is 5.69 Å². The van der Waals surface area contributed by atoms with Crippen LogP contribution >= 0.6 is 11.3 Å². The Hall–Kier alpha value is -1.55. The fourth-order valence-corrected chi connectivity index (χ4v) is 2.64. The monoisotopic (exact) mass is 275 g/mol. The third-order valence-electron chi connectivity index (χ3n) is 2.67. The SMILES string of the molecule is CN(C)c1ccc(-c2csc(NC(C)(C)C)n2)cc1. The number of nitrogens with zero attached hydrogens (tertiary/aromatic N) is 2. The van der Waals surface area contributed by atoms with E-state index in [0.29, 0.717) is 0 Å². The summed E-state index contributed by atoms with van der Waals surface area (Å²) in [6, 6.07) is 8.47. The second-order valence-corrected chi connectivity index (χ2v) is 6.71. The number of rotatable bonds is 3. The van der Waals surface area contributed by atoms with Gasteiger partial charge < -0.3 is 10.2 Å². The summed E-state index contributed by atoms with van der Waals surface area (Å²) in [5, 5.41) is 6.47. The first kappa shape index (κ1) is 13.9. The van der Waals surface area contributed by atoms with Crippen LogP contribution in [-0.2, 0) is 0 Å². The Morgan fingerprint density at radius 1 is 1.11 bits per heavy atom. The van der Waals surface area contributed by atoms with E-state index < -0.39 is 0 Å². The van der Waals surface area contributed by atoms with Gasteiger partial charge in [0.2, 0.25) is 0 Å². The molecule has 2 aromatic rings. The molecule has 0 radical (unpaired) electrons. The van der Waals surface area contributed by atoms with Gasteiger partial charge >= 0.3 is 0 Å². The summed E-state index contributed by atoms with van der Waals surface area (Å²) in [6.45, 7) is 6.42. The predicted molar refractivity (Wildman–Crippen MR) is 85.3 cm³/mol. The molecule has 1 heterocycles. The largest absolute Gasteiger partial charge is 0.378 e. The van der Waals surface area contributed by atoms with Gasteiger partial charge in [-0.1, -0.05) is 12.1 Å². The number of hydrogen-bond acceptors (Lipinski definition) is 4. The average molecular weight is 275 g/mol. The van der Waals surface area contributed by atoms with Gasteiger partial charge in [0.1, 0.15) is 0 Å². The average Bonchev–Trinajstić information content (AvgIpc) is 2.75. The molecule has 3 nitrogen and oxygen atoms in total. The Morgan fingerprint density at radius 3 is 2.26 bits per heavy atom. The van der Waals surface area contributed by atoms with Crippen LogP contribution in [0.2, 0.25) is 0 Å². The standard InChI is InChI=1S/C15H21N3S/c1-15(2,3)17-14-16-13(10-19-14)11-6-8-12(9-7-11)18(4)5/h6-10H,1-5H3,(H,16,17). The van der Waals surface area contributed by atoms with Crippen molar-refractivity contribution in [3.05, 3.63) is 29.6 Å². The van der Waals surface area contributed by atoms with E-state index in [1.54, 1.807) is 11.3 Å². The van der Waals surface area contributed by atoms with Crippen molar-refractivity contribution in [2.45, 2.75) is 26.3 Å². The highest BCUT2D eigenvalue weighted by molar-refractivity contribution is 7.14. The summed E-state index contributed by atoms with van der Waals surface area (Å²) in [7, 11) is 4.09. The van der Waals surface area contributed by atoms with Gasteiger partial charge in [0.15, 0.2) is 5.13 Å². The second-order valence-electron chi connectivity index (χ2n) is 5.85. The summed E-state index contributed by atoms with van der Waals surface area (Å²) in [5.74, 6) is 0. The molecule has 0 saturated heterocycles. The predicted octanol–water partition coefficient (Wildman–Crippen LogP) is 4.09. The fourth-order valence-electron chi connectivity index (χ4n) is 1.71. The number of benzene rings is 1. The van der Waals surface area contributed by atoms with E-state index in [1.807, 2.05) is 14.1 Å². The van der Waals surface area contributed by atoms with Crippen LogP contribution in [0.25, 0.3) is 11.3 Å². The molecule has 102 valence electrons. The van der Waals surface area contributed by atoms with Crippen molar-refractivity contribution < 1.29 is 0 Å². The molecular formula is C15H21N3S. The van der Waals surface area contributed by atoms with Crippen molar-refractivity contribution in [1.82, 2.24) is 4.98 Å². The van der Waals surface area contributed by atoms with Crippen LogP contribution in [0, 0.1) is 0 Å². The number of hydrogen-bond donors (Lipinski definition) is 1. The Morgan fingerprint density at radius 2 is 1.74 bits per heavy atom. The van der Waals surface area contributed by atoms with Gasteiger partial charge in [0.25, 0.3) is 0 Å². The molecule has 1 aromatic carbocycles. The maximum absolute atomic E-state index is 4.63. The summed E-state index contributed by atoms with van der Waals surface area (Å²) >= 11 is 1.65. The summed E-state index contributed by atoms with van der Waals surface area (Å²) in [5.41, 5.74) is 3.43. The highest BCUT2D eigenvalue weighted by Crippen LogP contribution is 2.27. The number of nitrogens with one attached hydrogen (secondary N) is 1. The minimum absolute atomic E-state index is 0.0455. The minimum atomic E-state index is 0.0455. The van der Waals surface area contributed by atoms with E-state index in [2.05, 4.69) is 65.6 Å². The zero-order valence-electron chi connectivity index (χ0n) is 12.2. The van der Waals surface area contributed by atoms with Crippen LogP contribution in [0.15, 0.2) is 29.6 Å². The van der Waals surface area contributed by atoms with Gasteiger partial charge in [-0.05, 0) is 32.9 Å². The van der Waals surface area contributed by atoms with Crippen molar-refractivity contribution in [2.75, 3.05) is 24.3 Å². The highest BCUT2D eigenvalue weighted by Gasteiger charge is 2.12. The van der Waals surface area contributed by atoms with E-state index in [0.717, 1.165) is 16.4 Å². The van der Waals surface area contributed by atoms with Crippen LogP contribution in [0.1, 0.15) is 20.8 Å². The second kappa shape index (κ2) is 5.21. The molecule has 0 amide bonds. The van der Waals surface area contributed by atoms with Crippen molar-refractivity contribution >= 4 is 22.2 Å². The van der Waals surface area contributed by atoms with Crippen molar-refractivity contribution in [3.8, 4) is 11.3 Å². The van der Waals surface area contributed by atoms with Crippen LogP contribution < -0.4 is 10.2 Å². The molecule has 0 fully saturated rings. The maximum atomic E-state index is 4.63. The van der Waals surface area contributed by atoms with Gasteiger partial charge in [0, 0.05) is 36.3 Å². The van der Waals surface area contributed by atoms with Crippen LogP contribution in [0.5, 0.6) is 0 Å². The molecule has 0 aliphatic rings. The molecule has 19 heavy (non-hydrogen) atoms. The minimum Gasteiger partial charge on any atom is -0.378 e. The first-order chi connectivity index (χ1) is 8.85. The summed E-state index contributed by atoms with van der Waals surface area (Å²) in [6.07, 6.45) is 0. The Kier molecular flexibility index (Phi) is 3.80. The van der Waals surface area contributed by atoms with Crippen LogP contribution in [-0.4, -0.2) is 24.6 Å². The van der Waals surface area contributed by atoms with E-state index in [4.69, 9.17) is 0 Å². The molecule has 1 N–H and O–H groups in total. The quantitative estimate of drug-likeness (QED) is 0.914. The smallest absolute Gasteiger partial charge is 0.183 e.